The molecule has 3 saturated heterocycles. The molecule has 152 valence electrons. The van der Waals surface area contributed by atoms with E-state index < -0.39 is 0 Å². The largest absolute Gasteiger partial charge is 0.356 e. The van der Waals surface area contributed by atoms with Crippen LogP contribution in [-0.2, 0) is 16.1 Å². The number of piperidine rings is 1. The molecule has 1 aromatic heterocycles. The van der Waals surface area contributed by atoms with Crippen molar-refractivity contribution in [2.24, 2.45) is 0 Å². The van der Waals surface area contributed by atoms with Crippen molar-refractivity contribution < 1.29 is 9.53 Å². The minimum absolute atomic E-state index is 0.153. The maximum absolute atomic E-state index is 12.8. The first-order chi connectivity index (χ1) is 14.1. The van der Waals surface area contributed by atoms with Gasteiger partial charge in [-0.15, -0.1) is 0 Å². The van der Waals surface area contributed by atoms with Crippen LogP contribution in [-0.4, -0.2) is 70.2 Å². The number of carbonyl (C=O) groups excluding carboxylic acids is 1. The number of benzene rings is 1. The van der Waals surface area contributed by atoms with Gasteiger partial charge in [-0.1, -0.05) is 30.3 Å². The van der Waals surface area contributed by atoms with Crippen molar-refractivity contribution in [3.05, 3.63) is 53.4 Å². The Morgan fingerprint density at radius 3 is 2.72 bits per heavy atom. The molecule has 0 aliphatic carbocycles. The molecule has 0 saturated carbocycles. The van der Waals surface area contributed by atoms with Gasteiger partial charge in [0.2, 0.25) is 11.2 Å². The summed E-state index contributed by atoms with van der Waals surface area (Å²) in [6, 6.07) is 12.2. The lowest BCUT2D eigenvalue weighted by Crippen LogP contribution is -2.53. The summed E-state index contributed by atoms with van der Waals surface area (Å²) >= 11 is 5.93. The molecule has 2 aromatic rings. The van der Waals surface area contributed by atoms with Gasteiger partial charge in [0.25, 0.3) is 0 Å². The molecule has 0 N–H and O–H groups in total. The van der Waals surface area contributed by atoms with E-state index in [-0.39, 0.29) is 23.0 Å². The van der Waals surface area contributed by atoms with E-state index in [0.29, 0.717) is 13.1 Å². The number of nitrogens with zero attached hydrogens (tertiary/aromatic N) is 5. The van der Waals surface area contributed by atoms with Crippen LogP contribution in [0.25, 0.3) is 0 Å². The average Bonchev–Trinajstić information content (AvgIpc) is 3.08. The van der Waals surface area contributed by atoms with E-state index in [1.54, 1.807) is 6.20 Å². The zero-order valence-corrected chi connectivity index (χ0v) is 17.0. The average molecular weight is 414 g/mol. The Bertz CT molecular complexity index is 888. The van der Waals surface area contributed by atoms with E-state index in [0.717, 1.165) is 44.8 Å². The summed E-state index contributed by atoms with van der Waals surface area (Å²) in [6.07, 6.45) is 3.27. The molecule has 8 heteroatoms. The fourth-order valence-corrected chi connectivity index (χ4v) is 4.78. The highest BCUT2D eigenvalue weighted by Crippen LogP contribution is 2.38. The Labute approximate surface area is 175 Å². The predicted octanol–water partition coefficient (Wildman–Crippen LogP) is 2.17. The van der Waals surface area contributed by atoms with Gasteiger partial charge < -0.3 is 14.5 Å². The van der Waals surface area contributed by atoms with E-state index in [1.807, 2.05) is 29.2 Å². The molecule has 0 bridgehead atoms. The zero-order chi connectivity index (χ0) is 19.8. The number of anilines is 1. The highest BCUT2D eigenvalue weighted by Gasteiger charge is 2.50. The van der Waals surface area contributed by atoms with Crippen molar-refractivity contribution in [1.82, 2.24) is 19.8 Å². The molecule has 1 spiro atoms. The van der Waals surface area contributed by atoms with Crippen LogP contribution in [0.2, 0.25) is 5.28 Å². The molecule has 1 unspecified atom stereocenters. The number of ether oxygens (including phenoxy) is 1. The number of carbonyl (C=O) groups is 1. The highest BCUT2D eigenvalue weighted by atomic mass is 35.5. The second kappa shape index (κ2) is 7.55. The second-order valence-electron chi connectivity index (χ2n) is 8.10. The number of aromatic nitrogens is 2. The van der Waals surface area contributed by atoms with Crippen LogP contribution in [0.4, 0.5) is 5.82 Å². The lowest BCUT2D eigenvalue weighted by Gasteiger charge is -2.38. The Morgan fingerprint density at radius 1 is 1.17 bits per heavy atom. The lowest BCUT2D eigenvalue weighted by atomic mass is 9.91. The maximum atomic E-state index is 12.8. The van der Waals surface area contributed by atoms with Gasteiger partial charge >= 0.3 is 0 Å². The first-order valence-corrected chi connectivity index (χ1v) is 10.5. The monoisotopic (exact) mass is 413 g/mol. The Morgan fingerprint density at radius 2 is 1.97 bits per heavy atom. The summed E-state index contributed by atoms with van der Waals surface area (Å²) in [4.78, 5) is 27.4. The van der Waals surface area contributed by atoms with Gasteiger partial charge in [0.15, 0.2) is 0 Å². The van der Waals surface area contributed by atoms with Gasteiger partial charge in [-0.25, -0.2) is 9.97 Å². The van der Waals surface area contributed by atoms with E-state index in [4.69, 9.17) is 16.3 Å². The molecule has 29 heavy (non-hydrogen) atoms. The summed E-state index contributed by atoms with van der Waals surface area (Å²) in [5, 5.41) is 0.265. The molecule has 1 atom stereocenters. The SMILES string of the molecule is O=C1CN(Cc2ccccc2)CC2OC3(CCN(c4ccnc(Cl)n4)CC3)CN12. The van der Waals surface area contributed by atoms with Crippen molar-refractivity contribution in [1.29, 1.82) is 0 Å². The normalized spacial score (nSPS) is 24.2. The summed E-state index contributed by atoms with van der Waals surface area (Å²) in [5.41, 5.74) is 0.967. The standard InChI is InChI=1S/C21H24ClN5O2/c22-20-23-9-6-17(24-20)26-10-7-21(8-11-26)15-27-18(28)13-25(14-19(27)29-21)12-16-4-2-1-3-5-16/h1-6,9,19H,7-8,10-15H2. The van der Waals surface area contributed by atoms with Gasteiger partial charge in [-0.2, -0.15) is 0 Å². The van der Waals surface area contributed by atoms with Crippen molar-refractivity contribution in [3.63, 3.8) is 0 Å². The molecular weight excluding hydrogens is 390 g/mol. The lowest BCUT2D eigenvalue weighted by molar-refractivity contribution is -0.149. The van der Waals surface area contributed by atoms with E-state index in [9.17, 15) is 4.79 Å². The summed E-state index contributed by atoms with van der Waals surface area (Å²) in [5.74, 6) is 1.01. The van der Waals surface area contributed by atoms with Crippen molar-refractivity contribution in [2.45, 2.75) is 31.2 Å². The van der Waals surface area contributed by atoms with E-state index in [1.165, 1.54) is 5.56 Å². The van der Waals surface area contributed by atoms with Crippen LogP contribution < -0.4 is 4.90 Å². The minimum atomic E-state index is -0.254. The zero-order valence-electron chi connectivity index (χ0n) is 16.2. The minimum Gasteiger partial charge on any atom is -0.356 e. The van der Waals surface area contributed by atoms with Crippen molar-refractivity contribution in [3.8, 4) is 0 Å². The number of fused-ring (bicyclic) bond motifs is 1. The fraction of sp³-hybridized carbons (Fsp3) is 0.476. The van der Waals surface area contributed by atoms with Crippen LogP contribution in [0.15, 0.2) is 42.6 Å². The van der Waals surface area contributed by atoms with Gasteiger partial charge in [-0.3, -0.25) is 9.69 Å². The molecule has 3 fully saturated rings. The predicted molar refractivity (Wildman–Crippen MR) is 110 cm³/mol. The number of halogens is 1. The Hall–Kier alpha value is -2.22. The van der Waals surface area contributed by atoms with Gasteiger partial charge in [0.1, 0.15) is 12.0 Å². The van der Waals surface area contributed by atoms with Crippen LogP contribution in [0.5, 0.6) is 0 Å². The molecule has 4 heterocycles. The van der Waals surface area contributed by atoms with Gasteiger partial charge in [0.05, 0.1) is 18.7 Å². The Kier molecular flexibility index (Phi) is 4.89. The number of piperazine rings is 1. The summed E-state index contributed by atoms with van der Waals surface area (Å²) < 4.78 is 6.52. The number of hydrogen-bond donors (Lipinski definition) is 0. The number of amides is 1. The summed E-state index contributed by atoms with van der Waals surface area (Å²) in [6.45, 7) is 4.33. The summed E-state index contributed by atoms with van der Waals surface area (Å²) in [7, 11) is 0. The Balaban J connectivity index is 1.23. The molecular formula is C21H24ClN5O2. The molecule has 3 aliphatic rings. The number of rotatable bonds is 3. The molecule has 3 aliphatic heterocycles. The van der Waals surface area contributed by atoms with Crippen LogP contribution >= 0.6 is 11.6 Å². The van der Waals surface area contributed by atoms with Crippen LogP contribution in [0.3, 0.4) is 0 Å². The highest BCUT2D eigenvalue weighted by molar-refractivity contribution is 6.28. The van der Waals surface area contributed by atoms with Crippen molar-refractivity contribution >= 4 is 23.3 Å². The third-order valence-corrected chi connectivity index (χ3v) is 6.33. The number of hydrogen-bond acceptors (Lipinski definition) is 6. The quantitative estimate of drug-likeness (QED) is 0.719. The molecule has 1 aromatic carbocycles. The van der Waals surface area contributed by atoms with Gasteiger partial charge in [0, 0.05) is 32.4 Å². The molecule has 5 rings (SSSR count). The fourth-order valence-electron chi connectivity index (χ4n) is 4.64. The third-order valence-electron chi connectivity index (χ3n) is 6.14. The smallest absolute Gasteiger partial charge is 0.238 e. The molecule has 7 nitrogen and oxygen atoms in total. The van der Waals surface area contributed by atoms with E-state index >= 15 is 0 Å². The van der Waals surface area contributed by atoms with Crippen LogP contribution in [0.1, 0.15) is 18.4 Å². The van der Waals surface area contributed by atoms with Gasteiger partial charge in [-0.05, 0) is 36.1 Å². The third kappa shape index (κ3) is 3.82. The first kappa shape index (κ1) is 18.8. The maximum Gasteiger partial charge on any atom is 0.238 e. The topological polar surface area (TPSA) is 61.8 Å². The first-order valence-electron chi connectivity index (χ1n) is 10.1. The molecule has 0 radical (unpaired) electrons. The second-order valence-corrected chi connectivity index (χ2v) is 8.44. The van der Waals surface area contributed by atoms with E-state index in [2.05, 4.69) is 31.9 Å². The van der Waals surface area contributed by atoms with Crippen molar-refractivity contribution in [2.75, 3.05) is 37.6 Å². The molecule has 1 amide bonds. The van der Waals surface area contributed by atoms with Crippen LogP contribution in [0, 0.1) is 0 Å².